The summed E-state index contributed by atoms with van der Waals surface area (Å²) in [7, 11) is 0. The van der Waals surface area contributed by atoms with E-state index in [1.165, 1.54) is 0 Å². The highest BCUT2D eigenvalue weighted by molar-refractivity contribution is 5.57. The average Bonchev–Trinajstić information content (AvgIpc) is 2.96. The van der Waals surface area contributed by atoms with Crippen molar-refractivity contribution in [2.45, 2.75) is 6.42 Å². The van der Waals surface area contributed by atoms with Crippen LogP contribution in [0.5, 0.6) is 0 Å². The van der Waals surface area contributed by atoms with Gasteiger partial charge in [-0.05, 0) is 12.1 Å². The van der Waals surface area contributed by atoms with E-state index in [9.17, 15) is 0 Å². The van der Waals surface area contributed by atoms with Crippen molar-refractivity contribution in [2.24, 2.45) is 0 Å². The Morgan fingerprint density at radius 1 is 1.16 bits per heavy atom. The highest BCUT2D eigenvalue weighted by atomic mass is 15.2. The zero-order chi connectivity index (χ0) is 12.9. The Kier molecular flexibility index (Phi) is 3.86. The monoisotopic (exact) mass is 257 g/mol. The summed E-state index contributed by atoms with van der Waals surface area (Å²) in [5.74, 6) is 1.06. The Morgan fingerprint density at radius 2 is 1.95 bits per heavy atom. The second-order valence-corrected chi connectivity index (χ2v) is 4.82. The molecule has 2 aromatic rings. The molecule has 0 aliphatic carbocycles. The van der Waals surface area contributed by atoms with E-state index in [0.29, 0.717) is 0 Å². The number of piperazine rings is 1. The smallest absolute Gasteiger partial charge is 0.107 e. The third-order valence-corrected chi connectivity index (χ3v) is 3.49. The van der Waals surface area contributed by atoms with Crippen molar-refractivity contribution >= 4 is 0 Å². The third-order valence-electron chi connectivity index (χ3n) is 3.49. The van der Waals surface area contributed by atoms with Crippen molar-refractivity contribution in [2.75, 3.05) is 32.7 Å². The summed E-state index contributed by atoms with van der Waals surface area (Å²) < 4.78 is 0. The first-order valence-electron chi connectivity index (χ1n) is 6.79. The van der Waals surface area contributed by atoms with Crippen molar-refractivity contribution in [3.05, 3.63) is 36.5 Å². The van der Waals surface area contributed by atoms with Crippen LogP contribution in [0.4, 0.5) is 0 Å². The highest BCUT2D eigenvalue weighted by Crippen LogP contribution is 2.15. The number of pyridine rings is 1. The summed E-state index contributed by atoms with van der Waals surface area (Å²) in [6.07, 6.45) is 6.49. The van der Waals surface area contributed by atoms with Gasteiger partial charge in [0, 0.05) is 57.1 Å². The van der Waals surface area contributed by atoms with Crippen LogP contribution in [-0.2, 0) is 6.42 Å². The van der Waals surface area contributed by atoms with E-state index in [1.54, 1.807) is 12.4 Å². The molecule has 0 saturated carbocycles. The van der Waals surface area contributed by atoms with Crippen LogP contribution in [-0.4, -0.2) is 52.6 Å². The summed E-state index contributed by atoms with van der Waals surface area (Å²) >= 11 is 0. The van der Waals surface area contributed by atoms with E-state index in [0.717, 1.165) is 56.2 Å². The second kappa shape index (κ2) is 5.95. The molecule has 0 atom stereocenters. The average molecular weight is 257 g/mol. The van der Waals surface area contributed by atoms with E-state index in [1.807, 2.05) is 18.3 Å². The summed E-state index contributed by atoms with van der Waals surface area (Å²) in [6, 6.07) is 3.99. The van der Waals surface area contributed by atoms with Gasteiger partial charge < -0.3 is 15.2 Å². The molecule has 2 N–H and O–H groups in total. The second-order valence-electron chi connectivity index (χ2n) is 4.82. The predicted molar refractivity (Wildman–Crippen MR) is 74.8 cm³/mol. The summed E-state index contributed by atoms with van der Waals surface area (Å²) in [4.78, 5) is 14.4. The zero-order valence-electron chi connectivity index (χ0n) is 11.0. The number of aromatic amines is 1. The molecule has 0 bridgehead atoms. The van der Waals surface area contributed by atoms with Crippen LogP contribution in [0.3, 0.4) is 0 Å². The first kappa shape index (κ1) is 12.3. The predicted octanol–water partition coefficient (Wildman–Crippen LogP) is 0.919. The maximum absolute atomic E-state index is 4.46. The molecule has 1 fully saturated rings. The lowest BCUT2D eigenvalue weighted by molar-refractivity contribution is 0.242. The summed E-state index contributed by atoms with van der Waals surface area (Å²) in [5.41, 5.74) is 2.20. The van der Waals surface area contributed by atoms with Gasteiger partial charge in [0.15, 0.2) is 0 Å². The number of nitrogens with one attached hydrogen (secondary N) is 2. The summed E-state index contributed by atoms with van der Waals surface area (Å²) in [5, 5.41) is 3.37. The van der Waals surface area contributed by atoms with Crippen LogP contribution in [0.1, 0.15) is 5.82 Å². The molecule has 2 aromatic heterocycles. The molecule has 0 spiro atoms. The number of aromatic nitrogens is 3. The van der Waals surface area contributed by atoms with Gasteiger partial charge in [-0.1, -0.05) is 0 Å². The largest absolute Gasteiger partial charge is 0.342 e. The molecule has 1 saturated heterocycles. The first-order chi connectivity index (χ1) is 9.42. The Bertz CT molecular complexity index is 502. The minimum absolute atomic E-state index is 0.977. The fraction of sp³-hybridized carbons (Fsp3) is 0.429. The minimum Gasteiger partial charge on any atom is -0.342 e. The van der Waals surface area contributed by atoms with Gasteiger partial charge in [0.25, 0.3) is 0 Å². The number of hydrogen-bond donors (Lipinski definition) is 2. The van der Waals surface area contributed by atoms with Gasteiger partial charge in [-0.25, -0.2) is 4.98 Å². The third kappa shape index (κ3) is 3.19. The van der Waals surface area contributed by atoms with Crippen molar-refractivity contribution in [1.82, 2.24) is 25.2 Å². The normalized spacial score (nSPS) is 16.6. The van der Waals surface area contributed by atoms with Gasteiger partial charge in [-0.2, -0.15) is 0 Å². The Morgan fingerprint density at radius 3 is 2.74 bits per heavy atom. The van der Waals surface area contributed by atoms with Gasteiger partial charge in [-0.15, -0.1) is 0 Å². The van der Waals surface area contributed by atoms with Crippen LogP contribution in [0.2, 0.25) is 0 Å². The Labute approximate surface area is 113 Å². The fourth-order valence-corrected chi connectivity index (χ4v) is 2.37. The number of nitrogens with zero attached hydrogens (tertiary/aromatic N) is 3. The van der Waals surface area contributed by atoms with Crippen LogP contribution in [0, 0.1) is 0 Å². The first-order valence-corrected chi connectivity index (χ1v) is 6.79. The molecule has 5 heteroatoms. The quantitative estimate of drug-likeness (QED) is 0.855. The molecule has 3 rings (SSSR count). The number of imidazole rings is 1. The Balaban J connectivity index is 1.59. The molecule has 1 aliphatic rings. The molecule has 5 nitrogen and oxygen atoms in total. The lowest BCUT2D eigenvalue weighted by Crippen LogP contribution is -2.44. The van der Waals surface area contributed by atoms with Gasteiger partial charge in [-0.3, -0.25) is 4.98 Å². The lowest BCUT2D eigenvalue weighted by atomic mass is 10.2. The van der Waals surface area contributed by atoms with E-state index < -0.39 is 0 Å². The van der Waals surface area contributed by atoms with Gasteiger partial charge >= 0.3 is 0 Å². The van der Waals surface area contributed by atoms with E-state index in [4.69, 9.17) is 0 Å². The van der Waals surface area contributed by atoms with E-state index in [2.05, 4.69) is 25.2 Å². The molecule has 0 radical (unpaired) electrons. The SMILES string of the molecule is c1cc(-c2cnc(CCN3CCNCC3)[nH]2)ccn1. The van der Waals surface area contributed by atoms with Gasteiger partial charge in [0.1, 0.15) is 5.82 Å². The molecule has 3 heterocycles. The maximum Gasteiger partial charge on any atom is 0.107 e. The zero-order valence-corrected chi connectivity index (χ0v) is 11.0. The van der Waals surface area contributed by atoms with Crippen LogP contribution in [0.15, 0.2) is 30.7 Å². The van der Waals surface area contributed by atoms with Crippen LogP contribution < -0.4 is 5.32 Å². The van der Waals surface area contributed by atoms with E-state index >= 15 is 0 Å². The molecule has 100 valence electrons. The van der Waals surface area contributed by atoms with Crippen molar-refractivity contribution in [3.63, 3.8) is 0 Å². The molecule has 1 aliphatic heterocycles. The molecule has 0 aromatic carbocycles. The minimum atomic E-state index is 0.977. The molecular formula is C14H19N5. The fourth-order valence-electron chi connectivity index (χ4n) is 2.37. The number of hydrogen-bond acceptors (Lipinski definition) is 4. The van der Waals surface area contributed by atoms with Gasteiger partial charge in [0.05, 0.1) is 11.9 Å². The van der Waals surface area contributed by atoms with Crippen molar-refractivity contribution < 1.29 is 0 Å². The van der Waals surface area contributed by atoms with Gasteiger partial charge in [0.2, 0.25) is 0 Å². The molecule has 0 unspecified atom stereocenters. The summed E-state index contributed by atoms with van der Waals surface area (Å²) in [6.45, 7) is 5.54. The lowest BCUT2D eigenvalue weighted by Gasteiger charge is -2.26. The van der Waals surface area contributed by atoms with Crippen LogP contribution >= 0.6 is 0 Å². The molecule has 19 heavy (non-hydrogen) atoms. The van der Waals surface area contributed by atoms with Crippen LogP contribution in [0.25, 0.3) is 11.3 Å². The molecule has 0 amide bonds. The van der Waals surface area contributed by atoms with Crippen molar-refractivity contribution in [1.29, 1.82) is 0 Å². The van der Waals surface area contributed by atoms with Crippen molar-refractivity contribution in [3.8, 4) is 11.3 Å². The highest BCUT2D eigenvalue weighted by Gasteiger charge is 2.10. The topological polar surface area (TPSA) is 56.8 Å². The Hall–Kier alpha value is -1.72. The standard InChI is InChI=1S/C14H19N5/c1-4-15-5-2-12(1)13-11-17-14(18-13)3-8-19-9-6-16-7-10-19/h1-2,4-5,11,16H,3,6-10H2,(H,17,18). The van der Waals surface area contributed by atoms with E-state index in [-0.39, 0.29) is 0 Å². The maximum atomic E-state index is 4.46. The molecular weight excluding hydrogens is 238 g/mol. The number of rotatable bonds is 4. The number of H-pyrrole nitrogens is 1.